The molecule has 0 bridgehead atoms. The molecule has 1 aliphatic carbocycles. The molecule has 3 nitrogen and oxygen atoms in total. The van der Waals surface area contributed by atoms with Crippen LogP contribution in [0.4, 0.5) is 0 Å². The third kappa shape index (κ3) is 2.53. The lowest BCUT2D eigenvalue weighted by Gasteiger charge is -2.09. The lowest BCUT2D eigenvalue weighted by molar-refractivity contribution is 0.683. The second kappa shape index (κ2) is 5.06. The zero-order valence-corrected chi connectivity index (χ0v) is 11.0. The van der Waals surface area contributed by atoms with Crippen LogP contribution in [0.25, 0.3) is 0 Å². The Balaban J connectivity index is 1.88. The minimum absolute atomic E-state index is 0.0153. The molecule has 0 aliphatic heterocycles. The summed E-state index contributed by atoms with van der Waals surface area (Å²) in [5.74, 6) is 1.29. The van der Waals surface area contributed by atoms with Gasteiger partial charge >= 0.3 is 0 Å². The standard InChI is InChI=1S/C14H16N2OS/c17-14-9-12(10-4-1-2-5-10)15-13(16-14)8-11-6-3-7-18-11/h3,6-7,9-10H,1-2,4-5,8H2,(H,15,16,17). The Morgan fingerprint density at radius 3 is 2.94 bits per heavy atom. The lowest BCUT2D eigenvalue weighted by Crippen LogP contribution is -2.14. The van der Waals surface area contributed by atoms with Crippen LogP contribution in [0.15, 0.2) is 28.4 Å². The van der Waals surface area contributed by atoms with Crippen molar-refractivity contribution in [1.82, 2.24) is 9.97 Å². The van der Waals surface area contributed by atoms with E-state index in [2.05, 4.69) is 16.0 Å². The smallest absolute Gasteiger partial charge is 0.251 e. The predicted molar refractivity (Wildman–Crippen MR) is 73.2 cm³/mol. The molecule has 0 amide bonds. The first kappa shape index (κ1) is 11.7. The van der Waals surface area contributed by atoms with Gasteiger partial charge in [-0.05, 0) is 24.3 Å². The molecule has 3 rings (SSSR count). The van der Waals surface area contributed by atoms with Crippen molar-refractivity contribution in [3.05, 3.63) is 50.3 Å². The molecule has 0 aromatic carbocycles. The van der Waals surface area contributed by atoms with Gasteiger partial charge in [0.15, 0.2) is 0 Å². The second-order valence-corrected chi connectivity index (χ2v) is 5.89. The summed E-state index contributed by atoms with van der Waals surface area (Å²) in [6.45, 7) is 0. The van der Waals surface area contributed by atoms with Gasteiger partial charge in [0.25, 0.3) is 5.56 Å². The minimum atomic E-state index is -0.0153. The van der Waals surface area contributed by atoms with Crippen molar-refractivity contribution in [3.8, 4) is 0 Å². The molecule has 1 fully saturated rings. The maximum Gasteiger partial charge on any atom is 0.251 e. The average Bonchev–Trinajstić information content (AvgIpc) is 3.00. The first-order valence-electron chi connectivity index (χ1n) is 6.44. The molecule has 2 heterocycles. The zero-order chi connectivity index (χ0) is 12.4. The highest BCUT2D eigenvalue weighted by Crippen LogP contribution is 2.32. The van der Waals surface area contributed by atoms with Crippen molar-refractivity contribution in [2.24, 2.45) is 0 Å². The van der Waals surface area contributed by atoms with E-state index < -0.39 is 0 Å². The number of thiophene rings is 1. The average molecular weight is 260 g/mol. The van der Waals surface area contributed by atoms with Crippen molar-refractivity contribution >= 4 is 11.3 Å². The van der Waals surface area contributed by atoms with Crippen LogP contribution in [-0.2, 0) is 6.42 Å². The van der Waals surface area contributed by atoms with E-state index in [-0.39, 0.29) is 5.56 Å². The van der Waals surface area contributed by atoms with Gasteiger partial charge < -0.3 is 4.98 Å². The highest BCUT2D eigenvalue weighted by Gasteiger charge is 2.19. The molecule has 0 spiro atoms. The van der Waals surface area contributed by atoms with Gasteiger partial charge in [-0.2, -0.15) is 0 Å². The number of rotatable bonds is 3. The summed E-state index contributed by atoms with van der Waals surface area (Å²) in [7, 11) is 0. The third-order valence-electron chi connectivity index (χ3n) is 3.51. The molecule has 94 valence electrons. The van der Waals surface area contributed by atoms with Crippen molar-refractivity contribution in [2.75, 3.05) is 0 Å². The zero-order valence-electron chi connectivity index (χ0n) is 10.2. The SMILES string of the molecule is O=c1cc(C2CCCC2)nc(Cc2cccs2)[nH]1. The van der Waals surface area contributed by atoms with Crippen LogP contribution >= 0.6 is 11.3 Å². The summed E-state index contributed by atoms with van der Waals surface area (Å²) >= 11 is 1.70. The fraction of sp³-hybridized carbons (Fsp3) is 0.429. The van der Waals surface area contributed by atoms with E-state index in [1.165, 1.54) is 30.6 Å². The third-order valence-corrected chi connectivity index (χ3v) is 4.38. The van der Waals surface area contributed by atoms with Gasteiger partial charge in [0.05, 0.1) is 5.69 Å². The molecule has 1 saturated carbocycles. The van der Waals surface area contributed by atoms with Crippen LogP contribution < -0.4 is 5.56 Å². The largest absolute Gasteiger partial charge is 0.310 e. The van der Waals surface area contributed by atoms with Crippen LogP contribution in [-0.4, -0.2) is 9.97 Å². The Bertz CT molecular complexity index is 568. The van der Waals surface area contributed by atoms with Gasteiger partial charge in [0.2, 0.25) is 0 Å². The predicted octanol–water partition coefficient (Wildman–Crippen LogP) is 3.08. The van der Waals surface area contributed by atoms with Crippen molar-refractivity contribution < 1.29 is 0 Å². The van der Waals surface area contributed by atoms with Crippen LogP contribution in [0.5, 0.6) is 0 Å². The second-order valence-electron chi connectivity index (χ2n) is 4.85. The van der Waals surface area contributed by atoms with Crippen LogP contribution in [0, 0.1) is 0 Å². The fourth-order valence-corrected chi connectivity index (χ4v) is 3.33. The first-order chi connectivity index (χ1) is 8.81. The number of H-pyrrole nitrogens is 1. The van der Waals surface area contributed by atoms with Crippen molar-refractivity contribution in [2.45, 2.75) is 38.0 Å². The van der Waals surface area contributed by atoms with E-state index in [1.54, 1.807) is 17.4 Å². The summed E-state index contributed by atoms with van der Waals surface area (Å²) < 4.78 is 0. The summed E-state index contributed by atoms with van der Waals surface area (Å²) in [4.78, 5) is 20.4. The van der Waals surface area contributed by atoms with E-state index in [9.17, 15) is 4.79 Å². The van der Waals surface area contributed by atoms with Crippen LogP contribution in [0.2, 0.25) is 0 Å². The molecule has 1 aliphatic rings. The van der Waals surface area contributed by atoms with E-state index in [4.69, 9.17) is 0 Å². The van der Waals surface area contributed by atoms with Crippen LogP contribution in [0.3, 0.4) is 0 Å². The Kier molecular flexibility index (Phi) is 3.28. The maximum absolute atomic E-state index is 11.7. The lowest BCUT2D eigenvalue weighted by atomic mass is 10.0. The monoisotopic (exact) mass is 260 g/mol. The summed E-state index contributed by atoms with van der Waals surface area (Å²) in [6, 6.07) is 5.78. The van der Waals surface area contributed by atoms with Crippen LogP contribution in [0.1, 0.15) is 48.0 Å². The van der Waals surface area contributed by atoms with Gasteiger partial charge in [-0.15, -0.1) is 11.3 Å². The topological polar surface area (TPSA) is 45.8 Å². The highest BCUT2D eigenvalue weighted by atomic mass is 32.1. The number of hydrogen-bond acceptors (Lipinski definition) is 3. The maximum atomic E-state index is 11.7. The molecule has 1 N–H and O–H groups in total. The summed E-state index contributed by atoms with van der Waals surface area (Å²) in [6.07, 6.45) is 5.61. The van der Waals surface area contributed by atoms with E-state index in [1.807, 2.05) is 11.4 Å². The number of nitrogens with zero attached hydrogens (tertiary/aromatic N) is 1. The summed E-state index contributed by atoms with van der Waals surface area (Å²) in [5, 5.41) is 2.05. The normalized spacial score (nSPS) is 16.2. The Morgan fingerprint density at radius 2 is 2.22 bits per heavy atom. The Morgan fingerprint density at radius 1 is 1.39 bits per heavy atom. The van der Waals surface area contributed by atoms with E-state index in [0.717, 1.165) is 17.9 Å². The van der Waals surface area contributed by atoms with E-state index >= 15 is 0 Å². The Hall–Kier alpha value is -1.42. The number of aromatic amines is 1. The molecule has 0 radical (unpaired) electrons. The van der Waals surface area contributed by atoms with Gasteiger partial charge in [-0.25, -0.2) is 4.98 Å². The number of hydrogen-bond donors (Lipinski definition) is 1. The van der Waals surface area contributed by atoms with Gasteiger partial charge in [-0.1, -0.05) is 18.9 Å². The molecule has 4 heteroatoms. The number of nitrogens with one attached hydrogen (secondary N) is 1. The molecular weight excluding hydrogens is 244 g/mol. The van der Waals surface area contributed by atoms with Gasteiger partial charge in [0, 0.05) is 23.3 Å². The Labute approximate surface area is 110 Å². The number of aromatic nitrogens is 2. The summed E-state index contributed by atoms with van der Waals surface area (Å²) in [5.41, 5.74) is 0.973. The molecule has 2 aromatic rings. The van der Waals surface area contributed by atoms with Gasteiger partial charge in [0.1, 0.15) is 5.82 Å². The van der Waals surface area contributed by atoms with Crippen molar-refractivity contribution in [3.63, 3.8) is 0 Å². The van der Waals surface area contributed by atoms with Crippen molar-refractivity contribution in [1.29, 1.82) is 0 Å². The minimum Gasteiger partial charge on any atom is -0.310 e. The first-order valence-corrected chi connectivity index (χ1v) is 7.32. The van der Waals surface area contributed by atoms with E-state index in [0.29, 0.717) is 5.92 Å². The molecule has 18 heavy (non-hydrogen) atoms. The highest BCUT2D eigenvalue weighted by molar-refractivity contribution is 7.09. The van der Waals surface area contributed by atoms with Gasteiger partial charge in [-0.3, -0.25) is 4.79 Å². The molecule has 0 atom stereocenters. The molecule has 2 aromatic heterocycles. The molecule has 0 saturated heterocycles. The molecular formula is C14H16N2OS. The fourth-order valence-electron chi connectivity index (χ4n) is 2.62. The molecule has 0 unspecified atom stereocenters. The quantitative estimate of drug-likeness (QED) is 0.921.